The SMILES string of the molecule is CC(C)(C)OC(=O)N1CCC(c2cc(=O)[nH]c3c(-c4noc(-c5ccccc5F)n4)cnn23)CC1. The topological polar surface area (TPSA) is 119 Å². The van der Waals surface area contributed by atoms with Crippen LogP contribution in [-0.2, 0) is 4.74 Å². The predicted molar refractivity (Wildman–Crippen MR) is 124 cm³/mol. The van der Waals surface area contributed by atoms with Crippen LogP contribution in [-0.4, -0.2) is 54.4 Å². The molecular formula is C24H25FN6O4. The Morgan fingerprint density at radius 1 is 1.20 bits per heavy atom. The highest BCUT2D eigenvalue weighted by Crippen LogP contribution is 2.31. The fraction of sp³-hybridized carbons (Fsp3) is 0.375. The highest BCUT2D eigenvalue weighted by molar-refractivity contribution is 5.73. The Hall–Kier alpha value is -4.02. The van der Waals surface area contributed by atoms with Crippen LogP contribution in [0.2, 0.25) is 0 Å². The van der Waals surface area contributed by atoms with Gasteiger partial charge in [0.2, 0.25) is 5.82 Å². The van der Waals surface area contributed by atoms with Crippen molar-refractivity contribution in [2.45, 2.75) is 45.1 Å². The first-order chi connectivity index (χ1) is 16.7. The Bertz CT molecular complexity index is 1440. The maximum Gasteiger partial charge on any atom is 0.410 e. The highest BCUT2D eigenvalue weighted by atomic mass is 19.1. The quantitative estimate of drug-likeness (QED) is 0.471. The molecule has 5 rings (SSSR count). The standard InChI is InChI=1S/C24H25FN6O4/c1-24(2,3)34-23(33)30-10-8-14(9-11-30)18-12-19(32)27-21-16(13-26-31(18)21)20-28-22(35-29-20)15-6-4-5-7-17(15)25/h4-7,12-14H,8-11H2,1-3H3,(H,27,32). The molecular weight excluding hydrogens is 455 g/mol. The molecule has 1 amide bonds. The first-order valence-electron chi connectivity index (χ1n) is 11.4. The van der Waals surface area contributed by atoms with Gasteiger partial charge in [-0.3, -0.25) is 4.79 Å². The number of carbonyl (C=O) groups is 1. The van der Waals surface area contributed by atoms with Crippen molar-refractivity contribution >= 4 is 11.7 Å². The Balaban J connectivity index is 1.41. The lowest BCUT2D eigenvalue weighted by atomic mass is 9.93. The minimum absolute atomic E-state index is 0.0190. The third-order valence-electron chi connectivity index (χ3n) is 5.87. The van der Waals surface area contributed by atoms with E-state index in [4.69, 9.17) is 9.26 Å². The number of likely N-dealkylation sites (tertiary alicyclic amines) is 1. The maximum atomic E-state index is 14.1. The number of piperidine rings is 1. The lowest BCUT2D eigenvalue weighted by Crippen LogP contribution is -2.41. The zero-order valence-corrected chi connectivity index (χ0v) is 19.6. The molecule has 4 aromatic rings. The predicted octanol–water partition coefficient (Wildman–Crippen LogP) is 3.99. The maximum absolute atomic E-state index is 14.1. The number of amides is 1. The van der Waals surface area contributed by atoms with Crippen molar-refractivity contribution in [2.24, 2.45) is 0 Å². The van der Waals surface area contributed by atoms with E-state index in [1.165, 1.54) is 12.1 Å². The van der Waals surface area contributed by atoms with Crippen molar-refractivity contribution in [1.82, 2.24) is 29.6 Å². The van der Waals surface area contributed by atoms with Gasteiger partial charge in [-0.1, -0.05) is 17.3 Å². The number of halogens is 1. The van der Waals surface area contributed by atoms with Gasteiger partial charge in [0.15, 0.2) is 0 Å². The summed E-state index contributed by atoms with van der Waals surface area (Å²) in [6.07, 6.45) is 2.52. The molecule has 1 aliphatic rings. The molecule has 0 saturated carbocycles. The van der Waals surface area contributed by atoms with Crippen molar-refractivity contribution in [1.29, 1.82) is 0 Å². The zero-order valence-electron chi connectivity index (χ0n) is 19.6. The third kappa shape index (κ3) is 4.53. The van der Waals surface area contributed by atoms with E-state index in [-0.39, 0.29) is 34.8 Å². The van der Waals surface area contributed by atoms with Gasteiger partial charge in [-0.15, -0.1) is 0 Å². The molecule has 0 radical (unpaired) electrons. The number of ether oxygens (including phenoxy) is 1. The molecule has 0 bridgehead atoms. The van der Waals surface area contributed by atoms with Crippen LogP contribution in [0.1, 0.15) is 45.2 Å². The van der Waals surface area contributed by atoms with Crippen LogP contribution in [0.25, 0.3) is 28.5 Å². The number of nitrogens with zero attached hydrogens (tertiary/aromatic N) is 5. The van der Waals surface area contributed by atoms with Gasteiger partial charge in [0.1, 0.15) is 17.1 Å². The number of H-pyrrole nitrogens is 1. The lowest BCUT2D eigenvalue weighted by Gasteiger charge is -2.33. The molecule has 4 heterocycles. The van der Waals surface area contributed by atoms with Gasteiger partial charge in [-0.2, -0.15) is 10.1 Å². The van der Waals surface area contributed by atoms with E-state index in [1.807, 2.05) is 20.8 Å². The average molecular weight is 481 g/mol. The molecule has 1 fully saturated rings. The Labute approximate surface area is 199 Å². The summed E-state index contributed by atoms with van der Waals surface area (Å²) >= 11 is 0. The van der Waals surface area contributed by atoms with Gasteiger partial charge in [0, 0.05) is 25.1 Å². The Kier molecular flexibility index (Phi) is 5.62. The first-order valence-corrected chi connectivity index (χ1v) is 11.4. The normalized spacial score (nSPS) is 15.0. The summed E-state index contributed by atoms with van der Waals surface area (Å²) in [4.78, 5) is 33.7. The molecule has 182 valence electrons. The zero-order chi connectivity index (χ0) is 24.7. The first kappa shape index (κ1) is 22.8. The lowest BCUT2D eigenvalue weighted by molar-refractivity contribution is 0.0203. The van der Waals surface area contributed by atoms with Crippen LogP contribution in [0.4, 0.5) is 9.18 Å². The number of carbonyl (C=O) groups excluding carboxylic acids is 1. The molecule has 0 unspecified atom stereocenters. The number of hydrogen-bond acceptors (Lipinski definition) is 7. The van der Waals surface area contributed by atoms with Gasteiger partial charge in [-0.05, 0) is 45.7 Å². The van der Waals surface area contributed by atoms with Gasteiger partial charge in [0.05, 0.1) is 23.0 Å². The largest absolute Gasteiger partial charge is 0.444 e. The number of aromatic nitrogens is 5. The molecule has 1 saturated heterocycles. The van der Waals surface area contributed by atoms with Crippen LogP contribution in [0.15, 0.2) is 45.8 Å². The number of benzene rings is 1. The van der Waals surface area contributed by atoms with Gasteiger partial charge in [0.25, 0.3) is 11.4 Å². The van der Waals surface area contributed by atoms with Crippen LogP contribution in [0.3, 0.4) is 0 Å². The fourth-order valence-corrected chi connectivity index (χ4v) is 4.23. The van der Waals surface area contributed by atoms with Crippen molar-refractivity contribution in [3.63, 3.8) is 0 Å². The molecule has 10 nitrogen and oxygen atoms in total. The number of hydrogen-bond donors (Lipinski definition) is 1. The van der Waals surface area contributed by atoms with E-state index in [1.54, 1.807) is 33.8 Å². The van der Waals surface area contributed by atoms with E-state index in [9.17, 15) is 14.0 Å². The molecule has 1 aromatic carbocycles. The van der Waals surface area contributed by atoms with E-state index in [0.717, 1.165) is 5.69 Å². The number of fused-ring (bicyclic) bond motifs is 1. The summed E-state index contributed by atoms with van der Waals surface area (Å²) in [7, 11) is 0. The summed E-state index contributed by atoms with van der Waals surface area (Å²) in [5.74, 6) is -0.238. The third-order valence-corrected chi connectivity index (χ3v) is 5.87. The Morgan fingerprint density at radius 3 is 2.66 bits per heavy atom. The van der Waals surface area contributed by atoms with Crippen LogP contribution >= 0.6 is 0 Å². The van der Waals surface area contributed by atoms with E-state index in [0.29, 0.717) is 37.1 Å². The van der Waals surface area contributed by atoms with Crippen molar-refractivity contribution < 1.29 is 18.4 Å². The molecule has 0 atom stereocenters. The summed E-state index contributed by atoms with van der Waals surface area (Å²) in [5, 5.41) is 8.43. The molecule has 0 spiro atoms. The second-order valence-corrected chi connectivity index (χ2v) is 9.52. The minimum atomic E-state index is -0.556. The molecule has 35 heavy (non-hydrogen) atoms. The van der Waals surface area contributed by atoms with E-state index >= 15 is 0 Å². The number of rotatable bonds is 3. The minimum Gasteiger partial charge on any atom is -0.444 e. The van der Waals surface area contributed by atoms with E-state index in [2.05, 4.69) is 20.2 Å². The highest BCUT2D eigenvalue weighted by Gasteiger charge is 2.29. The van der Waals surface area contributed by atoms with Crippen molar-refractivity contribution in [2.75, 3.05) is 13.1 Å². The smallest absolute Gasteiger partial charge is 0.410 e. The van der Waals surface area contributed by atoms with Gasteiger partial charge in [-0.25, -0.2) is 13.7 Å². The summed E-state index contributed by atoms with van der Waals surface area (Å²) in [5.41, 5.74) is 0.955. The van der Waals surface area contributed by atoms with Gasteiger partial charge < -0.3 is 19.1 Å². The van der Waals surface area contributed by atoms with Crippen LogP contribution in [0.5, 0.6) is 0 Å². The molecule has 1 aliphatic heterocycles. The average Bonchev–Trinajstić information content (AvgIpc) is 3.45. The molecule has 1 N–H and O–H groups in total. The second-order valence-electron chi connectivity index (χ2n) is 9.52. The fourth-order valence-electron chi connectivity index (χ4n) is 4.23. The molecule has 0 aliphatic carbocycles. The molecule has 3 aromatic heterocycles. The number of aromatic amines is 1. The van der Waals surface area contributed by atoms with Crippen LogP contribution in [0, 0.1) is 5.82 Å². The summed E-state index contributed by atoms with van der Waals surface area (Å²) in [6, 6.07) is 7.64. The van der Waals surface area contributed by atoms with E-state index < -0.39 is 11.4 Å². The van der Waals surface area contributed by atoms with Crippen molar-refractivity contribution in [3.05, 3.63) is 58.4 Å². The number of nitrogens with one attached hydrogen (secondary N) is 1. The monoisotopic (exact) mass is 480 g/mol. The second kappa shape index (κ2) is 8.64. The Morgan fingerprint density at radius 2 is 1.94 bits per heavy atom. The van der Waals surface area contributed by atoms with Crippen molar-refractivity contribution in [3.8, 4) is 22.8 Å². The van der Waals surface area contributed by atoms with Gasteiger partial charge >= 0.3 is 6.09 Å². The molecule has 11 heteroatoms. The summed E-state index contributed by atoms with van der Waals surface area (Å²) < 4.78 is 26.5. The van der Waals surface area contributed by atoms with Crippen LogP contribution < -0.4 is 5.56 Å². The summed E-state index contributed by atoms with van der Waals surface area (Å²) in [6.45, 7) is 6.53.